The quantitative estimate of drug-likeness (QED) is 0.339. The number of aromatic carboxylic acids is 1. The Labute approximate surface area is 120 Å². The molecule has 0 fully saturated rings. The maximum absolute atomic E-state index is 11.3. The summed E-state index contributed by atoms with van der Waals surface area (Å²) in [7, 11) is 0. The molecule has 0 unspecified atom stereocenters. The summed E-state index contributed by atoms with van der Waals surface area (Å²) >= 11 is 0. The number of phenolic OH excluding ortho intramolecular Hbond substituents is 1. The fourth-order valence-electron chi connectivity index (χ4n) is 1.82. The van der Waals surface area contributed by atoms with Gasteiger partial charge < -0.3 is 15.5 Å². The van der Waals surface area contributed by atoms with Crippen LogP contribution >= 0.6 is 0 Å². The smallest absolute Gasteiger partial charge is 0.337 e. The van der Waals surface area contributed by atoms with Gasteiger partial charge >= 0.3 is 5.97 Å². The number of aryl methyl sites for hydroxylation is 1. The summed E-state index contributed by atoms with van der Waals surface area (Å²) in [5, 5.41) is 25.3. The van der Waals surface area contributed by atoms with Gasteiger partial charge in [0.05, 0.1) is 16.9 Å². The van der Waals surface area contributed by atoms with Gasteiger partial charge in [-0.05, 0) is 42.3 Å². The normalized spacial score (nSPS) is 9.76. The number of nitrogens with zero attached hydrogens (tertiary/aromatic N) is 3. The summed E-state index contributed by atoms with van der Waals surface area (Å²) in [4.78, 5) is 13.9. The first-order valence-corrected chi connectivity index (χ1v) is 6.00. The zero-order valence-corrected chi connectivity index (χ0v) is 11.1. The lowest BCUT2D eigenvalue weighted by molar-refractivity contribution is 0.0698. The Kier molecular flexibility index (Phi) is 3.97. The topological polar surface area (TPSA) is 118 Å². The van der Waals surface area contributed by atoms with Gasteiger partial charge in [0.1, 0.15) is 5.75 Å². The number of carboxylic acids is 1. The number of aromatic hydroxyl groups is 1. The zero-order chi connectivity index (χ0) is 15.4. The Morgan fingerprint density at radius 1 is 1.24 bits per heavy atom. The molecule has 0 bridgehead atoms. The maximum Gasteiger partial charge on any atom is 0.337 e. The number of nitrogens with one attached hydrogen (secondary N) is 1. The monoisotopic (exact) mass is 284 g/mol. The van der Waals surface area contributed by atoms with Crippen LogP contribution in [0.25, 0.3) is 10.4 Å². The van der Waals surface area contributed by atoms with Crippen molar-refractivity contribution in [3.8, 4) is 5.75 Å². The molecule has 7 nitrogen and oxygen atoms in total. The van der Waals surface area contributed by atoms with Gasteiger partial charge in [-0.3, -0.25) is 0 Å². The Morgan fingerprint density at radius 3 is 2.57 bits per heavy atom. The molecule has 21 heavy (non-hydrogen) atoms. The van der Waals surface area contributed by atoms with E-state index >= 15 is 0 Å². The standard InChI is InChI=1S/C14H12N4O3/c1-8-2-4-12(13(19)6-8)16-11-5-3-9(17-18-15)7-10(11)14(20)21/h2-7,16,19H,1H3,(H,20,21). The second-order valence-corrected chi connectivity index (χ2v) is 4.37. The van der Waals surface area contributed by atoms with Gasteiger partial charge in [-0.25, -0.2) is 4.79 Å². The third kappa shape index (κ3) is 3.23. The van der Waals surface area contributed by atoms with E-state index in [9.17, 15) is 15.0 Å². The van der Waals surface area contributed by atoms with Crippen LogP contribution in [0.2, 0.25) is 0 Å². The minimum absolute atomic E-state index is 0.0189. The number of carbonyl (C=O) groups is 1. The molecule has 0 spiro atoms. The lowest BCUT2D eigenvalue weighted by Crippen LogP contribution is -2.02. The van der Waals surface area contributed by atoms with E-state index in [-0.39, 0.29) is 17.0 Å². The molecule has 0 aromatic heterocycles. The molecule has 0 saturated heterocycles. The first kappa shape index (κ1) is 14.2. The van der Waals surface area contributed by atoms with E-state index in [1.807, 2.05) is 6.92 Å². The predicted octanol–water partition coefficient (Wildman–Crippen LogP) is 4.08. The highest BCUT2D eigenvalue weighted by molar-refractivity contribution is 5.96. The molecular formula is C14H12N4O3. The third-order valence-corrected chi connectivity index (χ3v) is 2.82. The number of hydrogen-bond donors (Lipinski definition) is 3. The van der Waals surface area contributed by atoms with E-state index in [0.29, 0.717) is 11.4 Å². The van der Waals surface area contributed by atoms with E-state index in [2.05, 4.69) is 15.3 Å². The van der Waals surface area contributed by atoms with E-state index in [0.717, 1.165) is 5.56 Å². The van der Waals surface area contributed by atoms with Gasteiger partial charge in [0.25, 0.3) is 0 Å². The molecule has 0 aliphatic carbocycles. The van der Waals surface area contributed by atoms with Crippen LogP contribution in [0.4, 0.5) is 17.1 Å². The van der Waals surface area contributed by atoms with Crippen LogP contribution in [-0.2, 0) is 0 Å². The lowest BCUT2D eigenvalue weighted by Gasteiger charge is -2.12. The number of anilines is 2. The SMILES string of the molecule is Cc1ccc(Nc2ccc(N=[N+]=[N-])cc2C(=O)O)c(O)c1. The number of azide groups is 1. The number of rotatable bonds is 4. The van der Waals surface area contributed by atoms with Gasteiger partial charge in [0.2, 0.25) is 0 Å². The van der Waals surface area contributed by atoms with Crippen molar-refractivity contribution in [2.24, 2.45) is 5.11 Å². The van der Waals surface area contributed by atoms with Crippen LogP contribution in [0, 0.1) is 6.92 Å². The van der Waals surface area contributed by atoms with Crippen LogP contribution in [0.15, 0.2) is 41.5 Å². The summed E-state index contributed by atoms with van der Waals surface area (Å²) in [5.74, 6) is -1.15. The Morgan fingerprint density at radius 2 is 1.95 bits per heavy atom. The van der Waals surface area contributed by atoms with Crippen molar-refractivity contribution in [1.29, 1.82) is 0 Å². The van der Waals surface area contributed by atoms with Crippen molar-refractivity contribution in [3.63, 3.8) is 0 Å². The lowest BCUT2D eigenvalue weighted by atomic mass is 10.1. The third-order valence-electron chi connectivity index (χ3n) is 2.82. The second kappa shape index (κ2) is 5.85. The van der Waals surface area contributed by atoms with Crippen LogP contribution < -0.4 is 5.32 Å². The fraction of sp³-hybridized carbons (Fsp3) is 0.0714. The first-order valence-electron chi connectivity index (χ1n) is 6.00. The molecule has 3 N–H and O–H groups in total. The molecule has 0 saturated carbocycles. The van der Waals surface area contributed by atoms with Crippen molar-refractivity contribution in [3.05, 3.63) is 58.0 Å². The highest BCUT2D eigenvalue weighted by Crippen LogP contribution is 2.30. The fourth-order valence-corrected chi connectivity index (χ4v) is 1.82. The van der Waals surface area contributed by atoms with Crippen LogP contribution in [-0.4, -0.2) is 16.2 Å². The Bertz CT molecular complexity index is 752. The second-order valence-electron chi connectivity index (χ2n) is 4.37. The van der Waals surface area contributed by atoms with E-state index in [4.69, 9.17) is 5.53 Å². The largest absolute Gasteiger partial charge is 0.506 e. The van der Waals surface area contributed by atoms with Gasteiger partial charge in [0, 0.05) is 10.6 Å². The van der Waals surface area contributed by atoms with Crippen molar-refractivity contribution in [1.82, 2.24) is 0 Å². The first-order chi connectivity index (χ1) is 10.0. The highest BCUT2D eigenvalue weighted by atomic mass is 16.4. The number of hydrogen-bond acceptors (Lipinski definition) is 4. The average molecular weight is 284 g/mol. The van der Waals surface area contributed by atoms with E-state index < -0.39 is 5.97 Å². The summed E-state index contributed by atoms with van der Waals surface area (Å²) in [6, 6.07) is 9.23. The van der Waals surface area contributed by atoms with E-state index in [1.54, 1.807) is 18.2 Å². The van der Waals surface area contributed by atoms with Gasteiger partial charge in [-0.15, -0.1) is 0 Å². The predicted molar refractivity (Wildman–Crippen MR) is 78.3 cm³/mol. The van der Waals surface area contributed by atoms with Crippen molar-refractivity contribution in [2.45, 2.75) is 6.92 Å². The molecular weight excluding hydrogens is 272 g/mol. The molecule has 2 rings (SSSR count). The Balaban J connectivity index is 2.43. The van der Waals surface area contributed by atoms with Gasteiger partial charge in [-0.2, -0.15) is 0 Å². The van der Waals surface area contributed by atoms with Crippen LogP contribution in [0.1, 0.15) is 15.9 Å². The van der Waals surface area contributed by atoms with Crippen molar-refractivity contribution >= 4 is 23.0 Å². The molecule has 2 aromatic rings. The molecule has 106 valence electrons. The molecule has 0 aliphatic heterocycles. The van der Waals surface area contributed by atoms with E-state index in [1.165, 1.54) is 18.2 Å². The molecule has 0 heterocycles. The van der Waals surface area contributed by atoms with Crippen LogP contribution in [0.5, 0.6) is 5.75 Å². The Hall–Kier alpha value is -3.18. The zero-order valence-electron chi connectivity index (χ0n) is 11.1. The molecule has 0 aliphatic rings. The van der Waals surface area contributed by atoms with Gasteiger partial charge in [0.15, 0.2) is 0 Å². The molecule has 7 heteroatoms. The molecule has 0 amide bonds. The van der Waals surface area contributed by atoms with Crippen molar-refractivity contribution in [2.75, 3.05) is 5.32 Å². The summed E-state index contributed by atoms with van der Waals surface area (Å²) in [5.41, 5.74) is 10.1. The molecule has 0 radical (unpaired) electrons. The number of benzene rings is 2. The summed E-state index contributed by atoms with van der Waals surface area (Å²) < 4.78 is 0. The highest BCUT2D eigenvalue weighted by Gasteiger charge is 2.12. The minimum atomic E-state index is -1.17. The van der Waals surface area contributed by atoms with Gasteiger partial charge in [-0.1, -0.05) is 17.2 Å². The molecule has 0 atom stereocenters. The average Bonchev–Trinajstić information content (AvgIpc) is 2.43. The summed E-state index contributed by atoms with van der Waals surface area (Å²) in [6.07, 6.45) is 0. The summed E-state index contributed by atoms with van der Waals surface area (Å²) in [6.45, 7) is 1.83. The minimum Gasteiger partial charge on any atom is -0.506 e. The number of carboxylic acid groups (broad SMARTS) is 1. The van der Waals surface area contributed by atoms with Crippen molar-refractivity contribution < 1.29 is 15.0 Å². The number of phenols is 1. The van der Waals surface area contributed by atoms with Crippen LogP contribution in [0.3, 0.4) is 0 Å². The maximum atomic E-state index is 11.3. The molecule has 2 aromatic carbocycles.